The minimum absolute atomic E-state index is 0.170. The number of allylic oxidation sites excluding steroid dienone is 3. The van der Waals surface area contributed by atoms with Crippen LogP contribution in [0.15, 0.2) is 53.3 Å². The highest BCUT2D eigenvalue weighted by molar-refractivity contribution is 6.00. The zero-order chi connectivity index (χ0) is 14.4. The average molecular weight is 269 g/mol. The number of aromatic nitrogens is 2. The minimum atomic E-state index is -0.170. The lowest BCUT2D eigenvalue weighted by Gasteiger charge is -2.07. The highest BCUT2D eigenvalue weighted by Gasteiger charge is 2.07. The number of carbonyl (C=O) groups is 1. The first-order valence-corrected chi connectivity index (χ1v) is 6.18. The quantitative estimate of drug-likeness (QED) is 0.684. The van der Waals surface area contributed by atoms with Crippen molar-refractivity contribution < 1.29 is 9.21 Å². The van der Waals surface area contributed by atoms with E-state index >= 15 is 0 Å². The van der Waals surface area contributed by atoms with Crippen LogP contribution in [0, 0.1) is 6.92 Å². The lowest BCUT2D eigenvalue weighted by molar-refractivity contribution is -0.111. The molecule has 0 unspecified atom stereocenters. The standard InChI is InChI=1S/C15H15N3O2/c1-3-4-5-6-14(19)17-13-8-7-12(9-11(13)2)15-18-16-10-20-15/h3-10H,1-2H3,(H,17,19). The molecule has 1 heterocycles. The third-order valence-electron chi connectivity index (χ3n) is 2.64. The Morgan fingerprint density at radius 3 is 2.85 bits per heavy atom. The molecule has 102 valence electrons. The van der Waals surface area contributed by atoms with Crippen LogP contribution in [0.1, 0.15) is 12.5 Å². The molecule has 20 heavy (non-hydrogen) atoms. The first-order chi connectivity index (χ1) is 9.70. The Kier molecular flexibility index (Phi) is 4.44. The molecule has 2 aromatic rings. The lowest BCUT2D eigenvalue weighted by atomic mass is 10.1. The molecule has 0 bridgehead atoms. The molecular weight excluding hydrogens is 254 g/mol. The summed E-state index contributed by atoms with van der Waals surface area (Å²) in [6, 6.07) is 5.53. The molecule has 0 spiro atoms. The third-order valence-corrected chi connectivity index (χ3v) is 2.64. The predicted molar refractivity (Wildman–Crippen MR) is 77.1 cm³/mol. The molecule has 1 aromatic carbocycles. The number of aryl methyl sites for hydroxylation is 1. The van der Waals surface area contributed by atoms with Gasteiger partial charge in [-0.2, -0.15) is 0 Å². The normalized spacial score (nSPS) is 11.3. The van der Waals surface area contributed by atoms with E-state index in [-0.39, 0.29) is 5.91 Å². The summed E-state index contributed by atoms with van der Waals surface area (Å²) in [5, 5.41) is 10.3. The summed E-state index contributed by atoms with van der Waals surface area (Å²) < 4.78 is 5.13. The van der Waals surface area contributed by atoms with Gasteiger partial charge in [0.2, 0.25) is 18.2 Å². The van der Waals surface area contributed by atoms with Crippen molar-refractivity contribution in [1.82, 2.24) is 10.2 Å². The molecule has 0 aliphatic rings. The van der Waals surface area contributed by atoms with Crippen molar-refractivity contribution in [3.63, 3.8) is 0 Å². The number of nitrogens with zero attached hydrogens (tertiary/aromatic N) is 2. The fourth-order valence-corrected chi connectivity index (χ4v) is 1.66. The largest absolute Gasteiger partial charge is 0.423 e. The van der Waals surface area contributed by atoms with Gasteiger partial charge in [-0.25, -0.2) is 0 Å². The van der Waals surface area contributed by atoms with Gasteiger partial charge >= 0.3 is 0 Å². The molecule has 5 nitrogen and oxygen atoms in total. The molecule has 0 saturated heterocycles. The topological polar surface area (TPSA) is 68.0 Å². The van der Waals surface area contributed by atoms with E-state index in [1.54, 1.807) is 12.2 Å². The van der Waals surface area contributed by atoms with Crippen LogP contribution < -0.4 is 5.32 Å². The van der Waals surface area contributed by atoms with E-state index < -0.39 is 0 Å². The van der Waals surface area contributed by atoms with Crippen LogP contribution in [0.5, 0.6) is 0 Å². The Morgan fingerprint density at radius 2 is 2.20 bits per heavy atom. The average Bonchev–Trinajstić information content (AvgIpc) is 2.95. The second kappa shape index (κ2) is 6.47. The number of nitrogens with one attached hydrogen (secondary N) is 1. The minimum Gasteiger partial charge on any atom is -0.423 e. The van der Waals surface area contributed by atoms with E-state index in [2.05, 4.69) is 15.5 Å². The van der Waals surface area contributed by atoms with Gasteiger partial charge in [0.05, 0.1) is 0 Å². The van der Waals surface area contributed by atoms with E-state index in [4.69, 9.17) is 4.42 Å². The smallest absolute Gasteiger partial charge is 0.248 e. The zero-order valence-electron chi connectivity index (χ0n) is 11.3. The summed E-state index contributed by atoms with van der Waals surface area (Å²) in [5.41, 5.74) is 2.50. The molecule has 0 aliphatic carbocycles. The van der Waals surface area contributed by atoms with Gasteiger partial charge < -0.3 is 9.73 Å². The zero-order valence-corrected chi connectivity index (χ0v) is 11.3. The van der Waals surface area contributed by atoms with Gasteiger partial charge in [-0.05, 0) is 37.6 Å². The summed E-state index contributed by atoms with van der Waals surface area (Å²) in [5.74, 6) is 0.288. The Bertz CT molecular complexity index is 643. The van der Waals surface area contributed by atoms with Crippen molar-refractivity contribution in [2.75, 3.05) is 5.32 Å². The fraction of sp³-hybridized carbons (Fsp3) is 0.133. The van der Waals surface area contributed by atoms with Gasteiger partial charge in [0, 0.05) is 17.3 Å². The number of hydrogen-bond acceptors (Lipinski definition) is 4. The maximum Gasteiger partial charge on any atom is 0.248 e. The van der Waals surface area contributed by atoms with E-state index in [1.165, 1.54) is 12.5 Å². The van der Waals surface area contributed by atoms with Crippen molar-refractivity contribution in [2.24, 2.45) is 0 Å². The molecule has 0 aliphatic heterocycles. The van der Waals surface area contributed by atoms with Crippen molar-refractivity contribution in [1.29, 1.82) is 0 Å². The molecule has 1 N–H and O–H groups in total. The lowest BCUT2D eigenvalue weighted by Crippen LogP contribution is -2.08. The number of amides is 1. The number of benzene rings is 1. The van der Waals surface area contributed by atoms with Gasteiger partial charge in [-0.15, -0.1) is 10.2 Å². The van der Waals surface area contributed by atoms with Crippen molar-refractivity contribution in [2.45, 2.75) is 13.8 Å². The van der Waals surface area contributed by atoms with E-state index in [1.807, 2.05) is 38.1 Å². The Balaban J connectivity index is 2.12. The molecule has 1 amide bonds. The Morgan fingerprint density at radius 1 is 1.35 bits per heavy atom. The monoisotopic (exact) mass is 269 g/mol. The van der Waals surface area contributed by atoms with Crippen LogP contribution in [0.4, 0.5) is 5.69 Å². The summed E-state index contributed by atoms with van der Waals surface area (Å²) in [4.78, 5) is 11.7. The highest BCUT2D eigenvalue weighted by Crippen LogP contribution is 2.23. The third kappa shape index (κ3) is 3.41. The predicted octanol–water partition coefficient (Wildman–Crippen LogP) is 3.12. The van der Waals surface area contributed by atoms with Crippen molar-refractivity contribution >= 4 is 11.6 Å². The molecule has 2 rings (SSSR count). The molecule has 0 radical (unpaired) electrons. The van der Waals surface area contributed by atoms with E-state index in [0.717, 1.165) is 16.8 Å². The Labute approximate surface area is 117 Å². The summed E-state index contributed by atoms with van der Waals surface area (Å²) in [7, 11) is 0. The van der Waals surface area contributed by atoms with Gasteiger partial charge in [0.1, 0.15) is 0 Å². The first-order valence-electron chi connectivity index (χ1n) is 6.18. The van der Waals surface area contributed by atoms with Crippen LogP contribution in [0.3, 0.4) is 0 Å². The van der Waals surface area contributed by atoms with Crippen LogP contribution >= 0.6 is 0 Å². The van der Waals surface area contributed by atoms with E-state index in [9.17, 15) is 4.79 Å². The Hall–Kier alpha value is -2.69. The second-order valence-electron chi connectivity index (χ2n) is 4.15. The molecule has 0 saturated carbocycles. The summed E-state index contributed by atoms with van der Waals surface area (Å²) >= 11 is 0. The van der Waals surface area contributed by atoms with Crippen molar-refractivity contribution in [3.8, 4) is 11.5 Å². The molecule has 0 fully saturated rings. The highest BCUT2D eigenvalue weighted by atomic mass is 16.4. The number of rotatable bonds is 4. The molecular formula is C15H15N3O2. The second-order valence-corrected chi connectivity index (χ2v) is 4.15. The fourth-order valence-electron chi connectivity index (χ4n) is 1.66. The first kappa shape index (κ1) is 13.7. The SMILES string of the molecule is CC=CC=CC(=O)Nc1ccc(-c2nnco2)cc1C. The van der Waals surface area contributed by atoms with Gasteiger partial charge in [-0.3, -0.25) is 4.79 Å². The van der Waals surface area contributed by atoms with Crippen LogP contribution in [0.2, 0.25) is 0 Å². The summed E-state index contributed by atoms with van der Waals surface area (Å²) in [6.45, 7) is 3.80. The van der Waals surface area contributed by atoms with Gasteiger partial charge in [0.15, 0.2) is 0 Å². The number of carbonyl (C=O) groups excluding carboxylic acids is 1. The molecule has 5 heteroatoms. The maximum absolute atomic E-state index is 11.7. The van der Waals surface area contributed by atoms with Gasteiger partial charge in [-0.1, -0.05) is 18.2 Å². The van der Waals surface area contributed by atoms with Crippen LogP contribution in [-0.2, 0) is 4.79 Å². The number of anilines is 1. The van der Waals surface area contributed by atoms with Crippen LogP contribution in [-0.4, -0.2) is 16.1 Å². The maximum atomic E-state index is 11.7. The molecule has 0 atom stereocenters. The van der Waals surface area contributed by atoms with Crippen molar-refractivity contribution in [3.05, 3.63) is 54.5 Å². The van der Waals surface area contributed by atoms with E-state index in [0.29, 0.717) is 5.89 Å². The molecule has 1 aromatic heterocycles. The van der Waals surface area contributed by atoms with Gasteiger partial charge in [0.25, 0.3) is 0 Å². The van der Waals surface area contributed by atoms with Crippen LogP contribution in [0.25, 0.3) is 11.5 Å². The summed E-state index contributed by atoms with van der Waals surface area (Å²) in [6.07, 6.45) is 8.11. The number of hydrogen-bond donors (Lipinski definition) is 1.